The zero-order valence-electron chi connectivity index (χ0n) is 15.8. The molecule has 0 atom stereocenters. The molecule has 4 aromatic rings. The summed E-state index contributed by atoms with van der Waals surface area (Å²) in [6, 6.07) is 22.9. The van der Waals surface area contributed by atoms with Crippen LogP contribution in [0.25, 0.3) is 0 Å². The van der Waals surface area contributed by atoms with Crippen molar-refractivity contribution in [1.82, 2.24) is 15.0 Å². The van der Waals surface area contributed by atoms with Gasteiger partial charge in [0.1, 0.15) is 5.69 Å². The molecule has 0 saturated carbocycles. The number of nitrogens with zero attached hydrogens (tertiary/aromatic N) is 3. The number of rotatable bonds is 4. The minimum Gasteiger partial charge on any atom is -0.289 e. The number of hydrogen-bond donors (Lipinski definition) is 0. The van der Waals surface area contributed by atoms with Crippen LogP contribution in [0.2, 0.25) is 0 Å². The summed E-state index contributed by atoms with van der Waals surface area (Å²) in [5.41, 5.74) is 3.03. The number of fused-ring (bicyclic) bond motifs is 2. The monoisotopic (exact) mass is 393 g/mol. The molecule has 6 nitrogen and oxygen atoms in total. The minimum absolute atomic E-state index is 0.0577. The Bertz CT molecular complexity index is 1310. The average Bonchev–Trinajstić information content (AvgIpc) is 3.22. The van der Waals surface area contributed by atoms with Crippen LogP contribution in [-0.2, 0) is 6.54 Å². The lowest BCUT2D eigenvalue weighted by Gasteiger charge is -2.14. The van der Waals surface area contributed by atoms with Gasteiger partial charge in [-0.15, -0.1) is 5.10 Å². The van der Waals surface area contributed by atoms with E-state index in [9.17, 15) is 14.4 Å². The highest BCUT2D eigenvalue weighted by Gasteiger charge is 2.34. The van der Waals surface area contributed by atoms with Crippen LogP contribution in [0.1, 0.15) is 53.6 Å². The molecule has 1 aromatic heterocycles. The summed E-state index contributed by atoms with van der Waals surface area (Å²) in [6.07, 6.45) is 0. The van der Waals surface area contributed by atoms with Crippen molar-refractivity contribution in [3.8, 4) is 0 Å². The van der Waals surface area contributed by atoms with E-state index in [1.807, 2.05) is 30.3 Å². The third kappa shape index (κ3) is 2.86. The van der Waals surface area contributed by atoms with Gasteiger partial charge in [-0.05, 0) is 5.56 Å². The number of carbonyl (C=O) groups is 3. The zero-order valence-corrected chi connectivity index (χ0v) is 15.8. The molecule has 0 saturated heterocycles. The first-order valence-corrected chi connectivity index (χ1v) is 9.44. The average molecular weight is 393 g/mol. The van der Waals surface area contributed by atoms with E-state index in [2.05, 4.69) is 10.3 Å². The van der Waals surface area contributed by atoms with Gasteiger partial charge < -0.3 is 0 Å². The summed E-state index contributed by atoms with van der Waals surface area (Å²) in [4.78, 5) is 38.1. The number of hydrogen-bond acceptors (Lipinski definition) is 5. The maximum atomic E-state index is 12.9. The van der Waals surface area contributed by atoms with Crippen molar-refractivity contribution < 1.29 is 14.4 Å². The van der Waals surface area contributed by atoms with Crippen molar-refractivity contribution in [2.75, 3.05) is 0 Å². The fraction of sp³-hybridized carbons (Fsp3) is 0.0417. The minimum atomic E-state index is -0.296. The lowest BCUT2D eigenvalue weighted by molar-refractivity contribution is 0.0971. The second-order valence-corrected chi connectivity index (χ2v) is 7.04. The zero-order chi connectivity index (χ0) is 20.7. The quantitative estimate of drug-likeness (QED) is 0.438. The van der Waals surface area contributed by atoms with E-state index >= 15 is 0 Å². The Hall–Kier alpha value is -4.19. The molecule has 1 aliphatic carbocycles. The molecular formula is C24H15N3O3. The molecule has 144 valence electrons. The molecule has 0 unspecified atom stereocenters. The topological polar surface area (TPSA) is 81.9 Å². The molecule has 0 radical (unpaired) electrons. The van der Waals surface area contributed by atoms with E-state index in [0.29, 0.717) is 22.3 Å². The molecule has 0 bridgehead atoms. The largest absolute Gasteiger partial charge is 0.289 e. The second kappa shape index (κ2) is 7.00. The van der Waals surface area contributed by atoms with Crippen LogP contribution in [-0.4, -0.2) is 32.3 Å². The summed E-state index contributed by atoms with van der Waals surface area (Å²) in [7, 11) is 0. The Balaban J connectivity index is 1.43. The maximum Gasteiger partial charge on any atom is 0.216 e. The Morgan fingerprint density at radius 2 is 1.33 bits per heavy atom. The van der Waals surface area contributed by atoms with Gasteiger partial charge in [-0.2, -0.15) is 0 Å². The van der Waals surface area contributed by atoms with Crippen molar-refractivity contribution >= 4 is 17.3 Å². The Morgan fingerprint density at radius 3 is 2.03 bits per heavy atom. The first-order valence-electron chi connectivity index (χ1n) is 9.44. The van der Waals surface area contributed by atoms with Crippen molar-refractivity contribution in [1.29, 1.82) is 0 Å². The van der Waals surface area contributed by atoms with Crippen LogP contribution in [0.4, 0.5) is 0 Å². The van der Waals surface area contributed by atoms with E-state index in [1.54, 1.807) is 48.5 Å². The molecule has 1 heterocycles. The van der Waals surface area contributed by atoms with Crippen LogP contribution in [0.3, 0.4) is 0 Å². The summed E-state index contributed by atoms with van der Waals surface area (Å²) in [5.74, 6) is -0.617. The van der Waals surface area contributed by atoms with Crippen molar-refractivity contribution in [2.45, 2.75) is 6.54 Å². The Labute approximate surface area is 171 Å². The lowest BCUT2D eigenvalue weighted by atomic mass is 9.90. The fourth-order valence-corrected chi connectivity index (χ4v) is 3.63. The van der Waals surface area contributed by atoms with Crippen LogP contribution in [0.5, 0.6) is 0 Å². The van der Waals surface area contributed by atoms with E-state index in [4.69, 9.17) is 0 Å². The van der Waals surface area contributed by atoms with Gasteiger partial charge in [0, 0.05) is 22.3 Å². The molecule has 0 N–H and O–H groups in total. The molecule has 5 rings (SSSR count). The van der Waals surface area contributed by atoms with E-state index in [0.717, 1.165) is 5.56 Å². The first-order chi connectivity index (χ1) is 14.6. The third-order valence-corrected chi connectivity index (χ3v) is 5.17. The Kier molecular flexibility index (Phi) is 4.17. The van der Waals surface area contributed by atoms with Gasteiger partial charge in [-0.25, -0.2) is 4.68 Å². The van der Waals surface area contributed by atoms with Gasteiger partial charge in [0.2, 0.25) is 11.6 Å². The van der Waals surface area contributed by atoms with Crippen molar-refractivity contribution in [3.63, 3.8) is 0 Å². The molecule has 6 heteroatoms. The normalized spacial score (nSPS) is 12.4. The smallest absolute Gasteiger partial charge is 0.216 e. The van der Waals surface area contributed by atoms with Gasteiger partial charge in [0.15, 0.2) is 11.5 Å². The number of ketones is 3. The van der Waals surface area contributed by atoms with Crippen LogP contribution in [0.15, 0.2) is 78.9 Å². The van der Waals surface area contributed by atoms with Crippen LogP contribution >= 0.6 is 0 Å². The summed E-state index contributed by atoms with van der Waals surface area (Å²) < 4.78 is 1.44. The van der Waals surface area contributed by atoms with Crippen molar-refractivity contribution in [2.24, 2.45) is 0 Å². The number of benzene rings is 3. The summed E-state index contributed by atoms with van der Waals surface area (Å²) in [5, 5.41) is 8.00. The number of aromatic nitrogens is 3. The van der Waals surface area contributed by atoms with Gasteiger partial charge in [-0.1, -0.05) is 84.1 Å². The molecule has 1 aliphatic rings. The maximum absolute atomic E-state index is 12.9. The van der Waals surface area contributed by atoms with Gasteiger partial charge in [0.05, 0.1) is 6.54 Å². The van der Waals surface area contributed by atoms with Gasteiger partial charge in [-0.3, -0.25) is 14.4 Å². The third-order valence-electron chi connectivity index (χ3n) is 5.17. The standard InChI is InChI=1S/C24H15N3O3/c28-22(16-6-2-1-3-7-16)17-12-10-15(11-13-17)14-27-21-20(25-26-27)23(29)18-8-4-5-9-19(18)24(21)30/h1-13H,14H2. The SMILES string of the molecule is O=C(c1ccccc1)c1ccc(Cn2nnc3c2C(=O)c2ccccc2C3=O)cc1. The highest BCUT2D eigenvalue weighted by atomic mass is 16.1. The van der Waals surface area contributed by atoms with E-state index in [1.165, 1.54) is 4.68 Å². The Morgan fingerprint density at radius 1 is 0.733 bits per heavy atom. The van der Waals surface area contributed by atoms with Crippen LogP contribution in [0, 0.1) is 0 Å². The molecular weight excluding hydrogens is 378 g/mol. The summed E-state index contributed by atoms with van der Waals surface area (Å²) >= 11 is 0. The number of carbonyl (C=O) groups excluding carboxylic acids is 3. The highest BCUT2D eigenvalue weighted by molar-refractivity contribution is 6.26. The first kappa shape index (κ1) is 17.9. The van der Waals surface area contributed by atoms with Crippen molar-refractivity contribution in [3.05, 3.63) is 118 Å². The fourth-order valence-electron chi connectivity index (χ4n) is 3.63. The molecule has 3 aromatic carbocycles. The van der Waals surface area contributed by atoms with Gasteiger partial charge >= 0.3 is 0 Å². The molecule has 0 amide bonds. The summed E-state index contributed by atoms with van der Waals surface area (Å²) in [6.45, 7) is 0.267. The van der Waals surface area contributed by atoms with E-state index in [-0.39, 0.29) is 35.3 Å². The van der Waals surface area contributed by atoms with E-state index < -0.39 is 0 Å². The predicted molar refractivity (Wildman–Crippen MR) is 109 cm³/mol. The predicted octanol–water partition coefficient (Wildman–Crippen LogP) is 3.33. The second-order valence-electron chi connectivity index (χ2n) is 7.04. The molecule has 0 spiro atoms. The molecule has 0 aliphatic heterocycles. The van der Waals surface area contributed by atoms with Gasteiger partial charge in [0.25, 0.3) is 0 Å². The van der Waals surface area contributed by atoms with Crippen LogP contribution < -0.4 is 0 Å². The highest BCUT2D eigenvalue weighted by Crippen LogP contribution is 2.26. The lowest BCUT2D eigenvalue weighted by Crippen LogP contribution is -2.23. The molecule has 0 fully saturated rings. The molecule has 30 heavy (non-hydrogen) atoms.